The van der Waals surface area contributed by atoms with Crippen molar-refractivity contribution in [2.75, 3.05) is 44.7 Å². The van der Waals surface area contributed by atoms with E-state index in [0.717, 1.165) is 24.3 Å². The van der Waals surface area contributed by atoms with Crippen molar-refractivity contribution in [2.24, 2.45) is 0 Å². The van der Waals surface area contributed by atoms with Gasteiger partial charge in [-0.05, 0) is 35.4 Å². The van der Waals surface area contributed by atoms with E-state index in [1.54, 1.807) is 25.2 Å². The minimum absolute atomic E-state index is 0.00111. The van der Waals surface area contributed by atoms with Crippen LogP contribution in [0.5, 0.6) is 0 Å². The summed E-state index contributed by atoms with van der Waals surface area (Å²) in [6.07, 6.45) is 0.491. The van der Waals surface area contributed by atoms with Gasteiger partial charge in [-0.2, -0.15) is 0 Å². The van der Waals surface area contributed by atoms with E-state index in [2.05, 4.69) is 4.90 Å². The minimum Gasteiger partial charge on any atom is -0.368 e. The van der Waals surface area contributed by atoms with Crippen molar-refractivity contribution >= 4 is 46.5 Å². The normalized spacial score (nSPS) is 13.8. The van der Waals surface area contributed by atoms with E-state index in [1.807, 2.05) is 29.2 Å². The monoisotopic (exact) mass is 475 g/mol. The average Bonchev–Trinajstić information content (AvgIpc) is 2.76. The molecule has 2 amide bonds. The molecule has 8 heteroatoms. The minimum atomic E-state index is -0.124. The third kappa shape index (κ3) is 6.24. The molecule has 1 aliphatic heterocycles. The maximum Gasteiger partial charge on any atom is 0.227 e. The number of Topliss-reactive ketones (excluding diaryl/α,β-unsaturated/α-hetero) is 1. The van der Waals surface area contributed by atoms with E-state index in [4.69, 9.17) is 23.2 Å². The van der Waals surface area contributed by atoms with Gasteiger partial charge in [-0.3, -0.25) is 14.4 Å². The first-order valence-corrected chi connectivity index (χ1v) is 11.3. The Balaban J connectivity index is 1.51. The number of amides is 2. The summed E-state index contributed by atoms with van der Waals surface area (Å²) < 4.78 is 0. The van der Waals surface area contributed by atoms with Crippen molar-refractivity contribution in [1.29, 1.82) is 0 Å². The summed E-state index contributed by atoms with van der Waals surface area (Å²) >= 11 is 12.4. The van der Waals surface area contributed by atoms with Crippen molar-refractivity contribution < 1.29 is 14.4 Å². The lowest BCUT2D eigenvalue weighted by Crippen LogP contribution is -2.49. The predicted molar refractivity (Wildman–Crippen MR) is 127 cm³/mol. The number of carbonyl (C=O) groups is 3. The van der Waals surface area contributed by atoms with Gasteiger partial charge in [-0.25, -0.2) is 0 Å². The third-order valence-corrected chi connectivity index (χ3v) is 6.38. The smallest absolute Gasteiger partial charge is 0.227 e. The van der Waals surface area contributed by atoms with E-state index in [9.17, 15) is 14.4 Å². The Bertz CT molecular complexity index is 966. The number of halogens is 2. The van der Waals surface area contributed by atoms with Crippen LogP contribution < -0.4 is 4.90 Å². The molecule has 1 aliphatic rings. The molecule has 1 saturated heterocycles. The molecule has 0 bridgehead atoms. The fourth-order valence-electron chi connectivity index (χ4n) is 3.66. The Morgan fingerprint density at radius 3 is 2.06 bits per heavy atom. The van der Waals surface area contributed by atoms with Crippen LogP contribution in [0.25, 0.3) is 0 Å². The van der Waals surface area contributed by atoms with Gasteiger partial charge in [0, 0.05) is 62.3 Å². The molecule has 0 atom stereocenters. The molecule has 0 aliphatic carbocycles. The molecule has 0 aromatic heterocycles. The Morgan fingerprint density at radius 2 is 1.50 bits per heavy atom. The maximum absolute atomic E-state index is 12.7. The zero-order chi connectivity index (χ0) is 23.3. The van der Waals surface area contributed by atoms with Crippen LogP contribution in [0.15, 0.2) is 42.5 Å². The molecule has 0 spiro atoms. The first kappa shape index (κ1) is 24.1. The molecular formula is C24H27Cl2N3O3. The van der Waals surface area contributed by atoms with E-state index in [0.29, 0.717) is 35.1 Å². The van der Waals surface area contributed by atoms with Crippen LogP contribution in [0.3, 0.4) is 0 Å². The molecule has 2 aromatic rings. The summed E-state index contributed by atoms with van der Waals surface area (Å²) in [5.74, 6) is -0.105. The summed E-state index contributed by atoms with van der Waals surface area (Å²) in [6.45, 7) is 4.26. The maximum atomic E-state index is 12.7. The van der Waals surface area contributed by atoms with Crippen LogP contribution in [-0.4, -0.2) is 67.2 Å². The molecule has 0 N–H and O–H groups in total. The first-order chi connectivity index (χ1) is 15.2. The SMILES string of the molecule is CC(=O)N(C)CC(=O)Cc1ccc(N2CCN(C(=O)Cc3c(Cl)cccc3Cl)CC2)cc1. The molecule has 3 rings (SSSR count). The van der Waals surface area contributed by atoms with Crippen molar-refractivity contribution in [2.45, 2.75) is 19.8 Å². The van der Waals surface area contributed by atoms with E-state index in [1.165, 1.54) is 11.8 Å². The Kier molecular flexibility index (Phi) is 8.15. The number of hydrogen-bond acceptors (Lipinski definition) is 4. The molecule has 32 heavy (non-hydrogen) atoms. The molecule has 0 saturated carbocycles. The molecule has 1 heterocycles. The molecule has 1 fully saturated rings. The summed E-state index contributed by atoms with van der Waals surface area (Å²) in [5, 5.41) is 1.02. The number of benzene rings is 2. The number of rotatable bonds is 7. The van der Waals surface area contributed by atoms with Gasteiger partial charge in [-0.1, -0.05) is 41.4 Å². The summed E-state index contributed by atoms with van der Waals surface area (Å²) in [7, 11) is 1.62. The van der Waals surface area contributed by atoms with Gasteiger partial charge in [0.15, 0.2) is 5.78 Å². The van der Waals surface area contributed by atoms with Gasteiger partial charge < -0.3 is 14.7 Å². The number of carbonyl (C=O) groups excluding carboxylic acids is 3. The second-order valence-electron chi connectivity index (χ2n) is 8.00. The highest BCUT2D eigenvalue weighted by molar-refractivity contribution is 6.36. The van der Waals surface area contributed by atoms with E-state index >= 15 is 0 Å². The number of nitrogens with zero attached hydrogens (tertiary/aromatic N) is 3. The summed E-state index contributed by atoms with van der Waals surface area (Å²) in [4.78, 5) is 41.6. The van der Waals surface area contributed by atoms with Crippen molar-refractivity contribution in [3.8, 4) is 0 Å². The van der Waals surface area contributed by atoms with Gasteiger partial charge >= 0.3 is 0 Å². The van der Waals surface area contributed by atoms with Gasteiger partial charge in [-0.15, -0.1) is 0 Å². The molecule has 170 valence electrons. The Morgan fingerprint density at radius 1 is 0.906 bits per heavy atom. The Hall–Kier alpha value is -2.57. The van der Waals surface area contributed by atoms with Crippen LogP contribution >= 0.6 is 23.2 Å². The number of hydrogen-bond donors (Lipinski definition) is 0. The second kappa shape index (κ2) is 10.8. The van der Waals surface area contributed by atoms with Gasteiger partial charge in [0.2, 0.25) is 11.8 Å². The van der Waals surface area contributed by atoms with Crippen LogP contribution in [0.2, 0.25) is 10.0 Å². The lowest BCUT2D eigenvalue weighted by molar-refractivity contribution is -0.132. The molecule has 0 radical (unpaired) electrons. The molecule has 2 aromatic carbocycles. The quantitative estimate of drug-likeness (QED) is 0.614. The average molecular weight is 476 g/mol. The van der Waals surface area contributed by atoms with Crippen molar-refractivity contribution in [1.82, 2.24) is 9.80 Å². The Labute approximate surface area is 198 Å². The summed E-state index contributed by atoms with van der Waals surface area (Å²) in [6, 6.07) is 13.1. The highest BCUT2D eigenvalue weighted by atomic mass is 35.5. The standard InChI is InChI=1S/C24H27Cl2N3O3/c1-17(30)27(2)16-20(31)14-18-6-8-19(9-7-18)28-10-12-29(13-11-28)24(32)15-21-22(25)4-3-5-23(21)26/h3-9H,10-16H2,1-2H3. The lowest BCUT2D eigenvalue weighted by Gasteiger charge is -2.36. The van der Waals surface area contributed by atoms with Crippen LogP contribution in [-0.2, 0) is 27.2 Å². The fourth-order valence-corrected chi connectivity index (χ4v) is 4.19. The van der Waals surface area contributed by atoms with Crippen LogP contribution in [0.4, 0.5) is 5.69 Å². The fraction of sp³-hybridized carbons (Fsp3) is 0.375. The number of piperazine rings is 1. The number of likely N-dealkylation sites (N-methyl/N-ethyl adjacent to an activating group) is 1. The molecular weight excluding hydrogens is 449 g/mol. The largest absolute Gasteiger partial charge is 0.368 e. The third-order valence-electron chi connectivity index (χ3n) is 5.68. The molecule has 6 nitrogen and oxygen atoms in total. The van der Waals surface area contributed by atoms with Crippen LogP contribution in [0.1, 0.15) is 18.1 Å². The van der Waals surface area contributed by atoms with Crippen molar-refractivity contribution in [3.05, 3.63) is 63.6 Å². The zero-order valence-corrected chi connectivity index (χ0v) is 19.8. The van der Waals surface area contributed by atoms with Crippen LogP contribution in [0, 0.1) is 0 Å². The first-order valence-electron chi connectivity index (χ1n) is 10.5. The second-order valence-corrected chi connectivity index (χ2v) is 8.82. The number of anilines is 1. The zero-order valence-electron chi connectivity index (χ0n) is 18.3. The van der Waals surface area contributed by atoms with Gasteiger partial charge in [0.1, 0.15) is 0 Å². The van der Waals surface area contributed by atoms with Gasteiger partial charge in [0.25, 0.3) is 0 Å². The lowest BCUT2D eigenvalue weighted by atomic mass is 10.1. The van der Waals surface area contributed by atoms with E-state index < -0.39 is 0 Å². The molecule has 0 unspecified atom stereocenters. The predicted octanol–water partition coefficient (Wildman–Crippen LogP) is 3.47. The highest BCUT2D eigenvalue weighted by Gasteiger charge is 2.23. The number of ketones is 1. The summed E-state index contributed by atoms with van der Waals surface area (Å²) in [5.41, 5.74) is 2.65. The van der Waals surface area contributed by atoms with Crippen molar-refractivity contribution in [3.63, 3.8) is 0 Å². The van der Waals surface area contributed by atoms with E-state index in [-0.39, 0.29) is 30.6 Å². The highest BCUT2D eigenvalue weighted by Crippen LogP contribution is 2.25. The topological polar surface area (TPSA) is 60.9 Å². The van der Waals surface area contributed by atoms with Gasteiger partial charge in [0.05, 0.1) is 13.0 Å².